The maximum atomic E-state index is 12.4. The van der Waals surface area contributed by atoms with E-state index in [1.165, 1.54) is 0 Å². The standard InChI is InChI=1S/C16H21N3O3/c1-16(22,7-4-10-20)11-19-15(21)13-6-3-2-5-12(13)14-17-8-9-18-14/h2-3,5-6,8-9,20,22H,4,7,10-11H2,1H3,(H,17,18)(H,19,21). The number of benzene rings is 1. The highest BCUT2D eigenvalue weighted by molar-refractivity contribution is 6.00. The number of carbonyl (C=O) groups is 1. The Hall–Kier alpha value is -2.18. The summed E-state index contributed by atoms with van der Waals surface area (Å²) in [5.41, 5.74) is 0.160. The number of nitrogens with zero attached hydrogens (tertiary/aromatic N) is 1. The lowest BCUT2D eigenvalue weighted by Crippen LogP contribution is -2.40. The lowest BCUT2D eigenvalue weighted by Gasteiger charge is -2.23. The van der Waals surface area contributed by atoms with E-state index in [1.807, 2.05) is 12.1 Å². The number of hydrogen-bond acceptors (Lipinski definition) is 4. The van der Waals surface area contributed by atoms with Gasteiger partial charge in [-0.25, -0.2) is 4.98 Å². The fraction of sp³-hybridized carbons (Fsp3) is 0.375. The first kappa shape index (κ1) is 16.2. The molecule has 118 valence electrons. The molecule has 0 spiro atoms. The molecule has 1 unspecified atom stereocenters. The maximum absolute atomic E-state index is 12.4. The molecule has 1 aromatic carbocycles. The second kappa shape index (κ2) is 7.20. The Morgan fingerprint density at radius 3 is 2.86 bits per heavy atom. The van der Waals surface area contributed by atoms with E-state index in [4.69, 9.17) is 5.11 Å². The van der Waals surface area contributed by atoms with Gasteiger partial charge >= 0.3 is 0 Å². The van der Waals surface area contributed by atoms with E-state index in [2.05, 4.69) is 15.3 Å². The van der Waals surface area contributed by atoms with E-state index in [0.29, 0.717) is 29.8 Å². The van der Waals surface area contributed by atoms with Crippen molar-refractivity contribution in [2.45, 2.75) is 25.4 Å². The summed E-state index contributed by atoms with van der Waals surface area (Å²) in [6, 6.07) is 7.16. The molecule has 0 aliphatic heterocycles. The Labute approximate surface area is 129 Å². The summed E-state index contributed by atoms with van der Waals surface area (Å²) < 4.78 is 0. The van der Waals surface area contributed by atoms with Crippen molar-refractivity contribution in [2.24, 2.45) is 0 Å². The highest BCUT2D eigenvalue weighted by atomic mass is 16.3. The summed E-state index contributed by atoms with van der Waals surface area (Å²) >= 11 is 0. The number of nitrogens with one attached hydrogen (secondary N) is 2. The van der Waals surface area contributed by atoms with Crippen molar-refractivity contribution >= 4 is 5.91 Å². The molecule has 0 fully saturated rings. The van der Waals surface area contributed by atoms with Gasteiger partial charge in [0.15, 0.2) is 0 Å². The van der Waals surface area contributed by atoms with E-state index in [0.717, 1.165) is 0 Å². The number of aliphatic hydroxyl groups is 2. The Morgan fingerprint density at radius 2 is 2.18 bits per heavy atom. The minimum atomic E-state index is -1.04. The van der Waals surface area contributed by atoms with Crippen molar-refractivity contribution in [1.29, 1.82) is 0 Å². The SMILES string of the molecule is CC(O)(CCCO)CNC(=O)c1ccccc1-c1ncc[nH]1. The minimum absolute atomic E-state index is 0.0193. The normalized spacial score (nSPS) is 13.6. The van der Waals surface area contributed by atoms with Gasteiger partial charge in [0, 0.05) is 31.1 Å². The summed E-state index contributed by atoms with van der Waals surface area (Å²) in [5, 5.41) is 21.7. The van der Waals surface area contributed by atoms with Crippen molar-refractivity contribution in [3.05, 3.63) is 42.2 Å². The molecule has 2 aromatic rings. The molecular formula is C16H21N3O3. The molecule has 22 heavy (non-hydrogen) atoms. The topological polar surface area (TPSA) is 98.2 Å². The van der Waals surface area contributed by atoms with Crippen LogP contribution in [0.4, 0.5) is 0 Å². The third kappa shape index (κ3) is 4.16. The van der Waals surface area contributed by atoms with Gasteiger partial charge in [0.05, 0.1) is 11.2 Å². The number of imidazole rings is 1. The van der Waals surface area contributed by atoms with Crippen LogP contribution in [0.2, 0.25) is 0 Å². The number of aromatic amines is 1. The van der Waals surface area contributed by atoms with Gasteiger partial charge < -0.3 is 20.5 Å². The quantitative estimate of drug-likeness (QED) is 0.620. The predicted octanol–water partition coefficient (Wildman–Crippen LogP) is 1.33. The van der Waals surface area contributed by atoms with Gasteiger partial charge in [0.1, 0.15) is 5.82 Å². The second-order valence-electron chi connectivity index (χ2n) is 5.49. The van der Waals surface area contributed by atoms with Gasteiger partial charge in [-0.05, 0) is 25.8 Å². The predicted molar refractivity (Wildman–Crippen MR) is 83.3 cm³/mol. The molecule has 4 N–H and O–H groups in total. The van der Waals surface area contributed by atoms with Crippen molar-refractivity contribution in [3.8, 4) is 11.4 Å². The second-order valence-corrected chi connectivity index (χ2v) is 5.49. The van der Waals surface area contributed by atoms with Crippen LogP contribution < -0.4 is 5.32 Å². The molecule has 6 heteroatoms. The number of hydrogen-bond donors (Lipinski definition) is 4. The first-order chi connectivity index (χ1) is 10.5. The van der Waals surface area contributed by atoms with Crippen LogP contribution in [-0.2, 0) is 0 Å². The monoisotopic (exact) mass is 303 g/mol. The van der Waals surface area contributed by atoms with Gasteiger partial charge in [-0.3, -0.25) is 4.79 Å². The van der Waals surface area contributed by atoms with Crippen LogP contribution in [0, 0.1) is 0 Å². The smallest absolute Gasteiger partial charge is 0.252 e. The van der Waals surface area contributed by atoms with Gasteiger partial charge in [0.2, 0.25) is 0 Å². The summed E-state index contributed by atoms with van der Waals surface area (Å²) in [6.07, 6.45) is 4.24. The van der Waals surface area contributed by atoms with Gasteiger partial charge in [-0.15, -0.1) is 0 Å². The average Bonchev–Trinajstić information content (AvgIpc) is 3.05. The van der Waals surface area contributed by atoms with Crippen LogP contribution in [0.15, 0.2) is 36.7 Å². The van der Waals surface area contributed by atoms with Crippen LogP contribution in [-0.4, -0.2) is 44.8 Å². The number of H-pyrrole nitrogens is 1. The van der Waals surface area contributed by atoms with Crippen LogP contribution in [0.3, 0.4) is 0 Å². The maximum Gasteiger partial charge on any atom is 0.252 e. The Bertz CT molecular complexity index is 609. The average molecular weight is 303 g/mol. The number of carbonyl (C=O) groups excluding carboxylic acids is 1. The molecule has 1 aromatic heterocycles. The van der Waals surface area contributed by atoms with Crippen LogP contribution in [0.25, 0.3) is 11.4 Å². The zero-order valence-corrected chi connectivity index (χ0v) is 12.5. The van der Waals surface area contributed by atoms with Crippen LogP contribution in [0.5, 0.6) is 0 Å². The van der Waals surface area contributed by atoms with Crippen molar-refractivity contribution in [1.82, 2.24) is 15.3 Å². The first-order valence-corrected chi connectivity index (χ1v) is 7.24. The molecular weight excluding hydrogens is 282 g/mol. The Kier molecular flexibility index (Phi) is 5.30. The van der Waals surface area contributed by atoms with E-state index < -0.39 is 5.60 Å². The largest absolute Gasteiger partial charge is 0.396 e. The molecule has 0 saturated carbocycles. The number of amides is 1. The Balaban J connectivity index is 2.08. The van der Waals surface area contributed by atoms with Crippen LogP contribution >= 0.6 is 0 Å². The van der Waals surface area contributed by atoms with E-state index >= 15 is 0 Å². The summed E-state index contributed by atoms with van der Waals surface area (Å²) in [4.78, 5) is 19.5. The molecule has 0 aliphatic carbocycles. The van der Waals surface area contributed by atoms with Crippen molar-refractivity contribution in [2.75, 3.05) is 13.2 Å². The molecule has 0 aliphatic rings. The molecule has 0 bridgehead atoms. The minimum Gasteiger partial charge on any atom is -0.396 e. The number of aromatic nitrogens is 2. The van der Waals surface area contributed by atoms with Gasteiger partial charge in [0.25, 0.3) is 5.91 Å². The molecule has 2 rings (SSSR count). The summed E-state index contributed by atoms with van der Waals surface area (Å²) in [5.74, 6) is 0.356. The van der Waals surface area contributed by atoms with E-state index in [-0.39, 0.29) is 19.1 Å². The van der Waals surface area contributed by atoms with Crippen molar-refractivity contribution < 1.29 is 15.0 Å². The fourth-order valence-electron chi connectivity index (χ4n) is 2.21. The zero-order chi connectivity index (χ0) is 16.0. The molecule has 1 amide bonds. The van der Waals surface area contributed by atoms with E-state index in [1.54, 1.807) is 31.5 Å². The highest BCUT2D eigenvalue weighted by Gasteiger charge is 2.22. The van der Waals surface area contributed by atoms with Crippen LogP contribution in [0.1, 0.15) is 30.1 Å². The van der Waals surface area contributed by atoms with E-state index in [9.17, 15) is 9.90 Å². The fourth-order valence-corrected chi connectivity index (χ4v) is 2.21. The summed E-state index contributed by atoms with van der Waals surface area (Å²) in [7, 11) is 0. The Morgan fingerprint density at radius 1 is 1.41 bits per heavy atom. The zero-order valence-electron chi connectivity index (χ0n) is 12.5. The molecule has 6 nitrogen and oxygen atoms in total. The molecule has 1 atom stereocenters. The number of rotatable bonds is 7. The lowest BCUT2D eigenvalue weighted by atomic mass is 10.00. The number of aliphatic hydroxyl groups excluding tert-OH is 1. The molecule has 0 radical (unpaired) electrons. The highest BCUT2D eigenvalue weighted by Crippen LogP contribution is 2.20. The van der Waals surface area contributed by atoms with Gasteiger partial charge in [-0.2, -0.15) is 0 Å². The lowest BCUT2D eigenvalue weighted by molar-refractivity contribution is 0.0415. The van der Waals surface area contributed by atoms with Gasteiger partial charge in [-0.1, -0.05) is 18.2 Å². The third-order valence-electron chi connectivity index (χ3n) is 3.43. The molecule has 1 heterocycles. The molecule has 0 saturated heterocycles. The van der Waals surface area contributed by atoms with Crippen molar-refractivity contribution in [3.63, 3.8) is 0 Å². The summed E-state index contributed by atoms with van der Waals surface area (Å²) in [6.45, 7) is 1.78. The third-order valence-corrected chi connectivity index (χ3v) is 3.43. The first-order valence-electron chi connectivity index (χ1n) is 7.24.